The molecule has 0 bridgehead atoms. The largest absolute Gasteiger partial charge is 0.462 e. The number of sulfone groups is 1. The highest BCUT2D eigenvalue weighted by Crippen LogP contribution is 2.30. The van der Waals surface area contributed by atoms with E-state index in [0.717, 1.165) is 0 Å². The van der Waals surface area contributed by atoms with Crippen LogP contribution in [0.15, 0.2) is 54.1 Å². The fraction of sp³-hybridized carbons (Fsp3) is 0.368. The molecular weight excluding hydrogens is 390 g/mol. The molecule has 0 radical (unpaired) electrons. The molecular formula is C19H22ClNO5S. The second-order valence-corrected chi connectivity index (χ2v) is 8.75. The minimum Gasteiger partial charge on any atom is -0.462 e. The molecule has 1 aromatic rings. The van der Waals surface area contributed by atoms with E-state index in [2.05, 4.69) is 5.32 Å². The van der Waals surface area contributed by atoms with Gasteiger partial charge in [0.2, 0.25) is 5.24 Å². The predicted octanol–water partition coefficient (Wildman–Crippen LogP) is 2.49. The Balaban J connectivity index is 2.28. The molecule has 0 aliphatic heterocycles. The van der Waals surface area contributed by atoms with Gasteiger partial charge < -0.3 is 4.74 Å². The monoisotopic (exact) mass is 411 g/mol. The summed E-state index contributed by atoms with van der Waals surface area (Å²) in [7, 11) is -3.71. The van der Waals surface area contributed by atoms with Gasteiger partial charge in [0.15, 0.2) is 9.84 Å². The normalized spacial score (nSPS) is 19.4. The number of nitrogens with one attached hydrogen (secondary N) is 1. The van der Waals surface area contributed by atoms with E-state index in [0.29, 0.717) is 11.1 Å². The molecule has 0 aromatic heterocycles. The summed E-state index contributed by atoms with van der Waals surface area (Å²) >= 11 is 5.36. The van der Waals surface area contributed by atoms with E-state index in [4.69, 9.17) is 16.3 Å². The molecule has 1 aliphatic carbocycles. The lowest BCUT2D eigenvalue weighted by Crippen LogP contribution is -2.52. The zero-order valence-corrected chi connectivity index (χ0v) is 16.6. The quantitative estimate of drug-likeness (QED) is 0.496. The van der Waals surface area contributed by atoms with Crippen molar-refractivity contribution in [1.82, 2.24) is 5.32 Å². The summed E-state index contributed by atoms with van der Waals surface area (Å²) in [6.07, 6.45) is 4.47. The Morgan fingerprint density at radius 2 is 1.96 bits per heavy atom. The minimum absolute atomic E-state index is 0.00749. The van der Waals surface area contributed by atoms with Gasteiger partial charge >= 0.3 is 5.97 Å². The zero-order valence-electron chi connectivity index (χ0n) is 15.0. The molecule has 1 aliphatic rings. The van der Waals surface area contributed by atoms with Gasteiger partial charge in [0, 0.05) is 19.4 Å². The molecule has 1 atom stereocenters. The van der Waals surface area contributed by atoms with Crippen LogP contribution in [0.1, 0.15) is 25.3 Å². The summed E-state index contributed by atoms with van der Waals surface area (Å²) in [6, 6.07) is 8.82. The van der Waals surface area contributed by atoms with Crippen molar-refractivity contribution in [3.05, 3.63) is 59.7 Å². The Hall–Kier alpha value is -1.96. The third kappa shape index (κ3) is 5.51. The summed E-state index contributed by atoms with van der Waals surface area (Å²) < 4.78 is 31.3. The van der Waals surface area contributed by atoms with Gasteiger partial charge in [-0.3, -0.25) is 10.1 Å². The second kappa shape index (κ2) is 9.30. The minimum atomic E-state index is -3.71. The van der Waals surface area contributed by atoms with Crippen LogP contribution in [0.3, 0.4) is 0 Å². The van der Waals surface area contributed by atoms with Crippen molar-refractivity contribution < 1.29 is 22.7 Å². The number of benzene rings is 1. The molecule has 1 aromatic carbocycles. The third-order valence-electron chi connectivity index (χ3n) is 4.17. The van der Waals surface area contributed by atoms with E-state index < -0.39 is 25.9 Å². The van der Waals surface area contributed by atoms with E-state index in [9.17, 15) is 18.0 Å². The number of hydrogen-bond acceptors (Lipinski definition) is 6. The van der Waals surface area contributed by atoms with Gasteiger partial charge in [-0.15, -0.1) is 0 Å². The van der Waals surface area contributed by atoms with E-state index >= 15 is 0 Å². The van der Waals surface area contributed by atoms with Gasteiger partial charge in [-0.25, -0.2) is 13.2 Å². The highest BCUT2D eigenvalue weighted by Gasteiger charge is 2.42. The molecule has 0 heterocycles. The van der Waals surface area contributed by atoms with Crippen molar-refractivity contribution in [3.8, 4) is 0 Å². The first-order valence-electron chi connectivity index (χ1n) is 8.56. The Morgan fingerprint density at radius 3 is 2.52 bits per heavy atom. The summed E-state index contributed by atoms with van der Waals surface area (Å²) in [4.78, 5) is 21.5. The first-order valence-corrected chi connectivity index (χ1v) is 10.6. The molecule has 0 amide bonds. The highest BCUT2D eigenvalue weighted by molar-refractivity contribution is 7.92. The van der Waals surface area contributed by atoms with Gasteiger partial charge in [-0.05, 0) is 36.2 Å². The standard InChI is InChI=1S/C19H22ClNO5S/c1-2-26-18(23)16-8-11-19(12-9-16,21-13-10-17(20)22)27(24,25)14-15-6-4-3-5-7-15/h3-9,11,21H,2,10,12-14H2,1H3. The van der Waals surface area contributed by atoms with Crippen LogP contribution in [-0.2, 0) is 29.9 Å². The molecule has 0 saturated carbocycles. The molecule has 1 N–H and O–H groups in total. The van der Waals surface area contributed by atoms with Crippen LogP contribution in [0.5, 0.6) is 0 Å². The molecule has 0 spiro atoms. The zero-order chi connectivity index (χ0) is 19.9. The number of rotatable bonds is 9. The number of ether oxygens (including phenoxy) is 1. The summed E-state index contributed by atoms with van der Waals surface area (Å²) in [5, 5.41) is 2.39. The summed E-state index contributed by atoms with van der Waals surface area (Å²) in [5.74, 6) is -0.679. The van der Waals surface area contributed by atoms with Crippen molar-refractivity contribution in [2.75, 3.05) is 13.2 Å². The van der Waals surface area contributed by atoms with Gasteiger partial charge in [0.25, 0.3) is 0 Å². The van der Waals surface area contributed by atoms with Crippen molar-refractivity contribution in [2.45, 2.75) is 30.4 Å². The Bertz CT molecular complexity index is 848. The lowest BCUT2D eigenvalue weighted by molar-refractivity contribution is -0.138. The third-order valence-corrected chi connectivity index (χ3v) is 6.63. The smallest absolute Gasteiger partial charge is 0.337 e. The number of hydrogen-bond donors (Lipinski definition) is 1. The van der Waals surface area contributed by atoms with Crippen LogP contribution >= 0.6 is 11.6 Å². The van der Waals surface area contributed by atoms with Gasteiger partial charge in [-0.1, -0.05) is 36.4 Å². The Kier molecular flexibility index (Phi) is 7.35. The fourth-order valence-electron chi connectivity index (χ4n) is 2.75. The van der Waals surface area contributed by atoms with Crippen LogP contribution in [-0.4, -0.2) is 37.7 Å². The van der Waals surface area contributed by atoms with E-state index in [1.165, 1.54) is 18.2 Å². The molecule has 0 fully saturated rings. The van der Waals surface area contributed by atoms with Crippen molar-refractivity contribution in [3.63, 3.8) is 0 Å². The van der Waals surface area contributed by atoms with Crippen molar-refractivity contribution >= 4 is 32.6 Å². The van der Waals surface area contributed by atoms with E-state index in [1.807, 2.05) is 6.07 Å². The average molecular weight is 412 g/mol. The predicted molar refractivity (Wildman–Crippen MR) is 104 cm³/mol. The first-order chi connectivity index (χ1) is 12.8. The Labute approximate surface area is 164 Å². The number of esters is 1. The van der Waals surface area contributed by atoms with Crippen LogP contribution < -0.4 is 5.32 Å². The maximum Gasteiger partial charge on any atom is 0.337 e. The molecule has 6 nitrogen and oxygen atoms in total. The van der Waals surface area contributed by atoms with E-state index in [-0.39, 0.29) is 31.7 Å². The summed E-state index contributed by atoms with van der Waals surface area (Å²) in [5.41, 5.74) is 0.957. The van der Waals surface area contributed by atoms with Crippen molar-refractivity contribution in [2.24, 2.45) is 0 Å². The molecule has 27 heavy (non-hydrogen) atoms. The first kappa shape index (κ1) is 21.3. The van der Waals surface area contributed by atoms with Crippen LogP contribution in [0.25, 0.3) is 0 Å². The van der Waals surface area contributed by atoms with Crippen LogP contribution in [0.2, 0.25) is 0 Å². The molecule has 146 valence electrons. The second-order valence-electron chi connectivity index (χ2n) is 6.08. The molecule has 0 saturated heterocycles. The SMILES string of the molecule is CCOC(=O)C1=CCC(NCCC(=O)Cl)(S(=O)(=O)Cc2ccccc2)C=C1. The lowest BCUT2D eigenvalue weighted by Gasteiger charge is -2.33. The van der Waals surface area contributed by atoms with Gasteiger partial charge in [-0.2, -0.15) is 0 Å². The molecule has 8 heteroatoms. The Morgan fingerprint density at radius 1 is 1.26 bits per heavy atom. The van der Waals surface area contributed by atoms with Gasteiger partial charge in [0.05, 0.1) is 17.9 Å². The van der Waals surface area contributed by atoms with E-state index in [1.54, 1.807) is 31.2 Å². The van der Waals surface area contributed by atoms with Crippen molar-refractivity contribution in [1.29, 1.82) is 0 Å². The lowest BCUT2D eigenvalue weighted by atomic mass is 10.0. The molecule has 2 rings (SSSR count). The summed E-state index contributed by atoms with van der Waals surface area (Å²) in [6.45, 7) is 2.03. The number of halogens is 1. The maximum absolute atomic E-state index is 13.2. The average Bonchev–Trinajstić information content (AvgIpc) is 2.62. The number of carbonyl (C=O) groups is 2. The topological polar surface area (TPSA) is 89.5 Å². The van der Waals surface area contributed by atoms with Crippen LogP contribution in [0.4, 0.5) is 0 Å². The maximum atomic E-state index is 13.2. The molecule has 1 unspecified atom stereocenters. The number of carbonyl (C=O) groups excluding carboxylic acids is 2. The van der Waals surface area contributed by atoms with Gasteiger partial charge in [0.1, 0.15) is 4.87 Å². The fourth-order valence-corrected chi connectivity index (χ4v) is 4.67. The highest BCUT2D eigenvalue weighted by atomic mass is 35.5. The van der Waals surface area contributed by atoms with Crippen LogP contribution in [0, 0.1) is 0 Å².